The van der Waals surface area contributed by atoms with Crippen LogP contribution in [0.4, 0.5) is 0 Å². The number of ether oxygens (including phenoxy) is 2. The summed E-state index contributed by atoms with van der Waals surface area (Å²) in [6, 6.07) is 0. The maximum Gasteiger partial charge on any atom is 0.309 e. The Morgan fingerprint density at radius 3 is 2.78 bits per heavy atom. The number of hydrogen-bond acceptors (Lipinski definition) is 5. The van der Waals surface area contributed by atoms with Crippen molar-refractivity contribution < 1.29 is 24.5 Å². The minimum Gasteiger partial charge on any atom is -0.462 e. The molecule has 0 fully saturated rings. The van der Waals surface area contributed by atoms with Crippen molar-refractivity contribution in [2.75, 3.05) is 7.11 Å². The van der Waals surface area contributed by atoms with E-state index >= 15 is 0 Å². The summed E-state index contributed by atoms with van der Waals surface area (Å²) in [6.45, 7) is 1.98. The number of aliphatic hydroxyl groups is 2. The molecule has 0 amide bonds. The molecular formula is C13H22O5. The van der Waals surface area contributed by atoms with Gasteiger partial charge in [0, 0.05) is 13.5 Å². The Bertz CT molecular complexity index is 289. The molecule has 0 spiro atoms. The van der Waals surface area contributed by atoms with Gasteiger partial charge in [-0.25, -0.2) is 0 Å². The molecule has 0 aromatic heterocycles. The number of esters is 1. The van der Waals surface area contributed by atoms with Crippen LogP contribution in [0.25, 0.3) is 0 Å². The first kappa shape index (κ1) is 15.1. The Morgan fingerprint density at radius 2 is 2.17 bits per heavy atom. The number of carbonyl (C=O) groups is 1. The lowest BCUT2D eigenvalue weighted by Crippen LogP contribution is -2.33. The molecular weight excluding hydrogens is 236 g/mol. The molecule has 1 aliphatic heterocycles. The molecule has 5 nitrogen and oxygen atoms in total. The van der Waals surface area contributed by atoms with Crippen LogP contribution in [0.5, 0.6) is 0 Å². The minimum absolute atomic E-state index is 0.121. The van der Waals surface area contributed by atoms with Gasteiger partial charge in [0.1, 0.15) is 6.10 Å². The van der Waals surface area contributed by atoms with Crippen LogP contribution in [-0.4, -0.2) is 47.7 Å². The quantitative estimate of drug-likeness (QED) is 0.578. The molecule has 0 aromatic carbocycles. The fraction of sp³-hybridized carbons (Fsp3) is 0.769. The SMILES string of the molecule is CCC[C@@H]1C[C@H](O)[C@@H](O)/C=C\[C@@H](OC)CC(=O)O1. The van der Waals surface area contributed by atoms with Crippen molar-refractivity contribution in [2.45, 2.75) is 57.0 Å². The minimum atomic E-state index is -0.959. The second-order valence-electron chi connectivity index (χ2n) is 4.56. The smallest absolute Gasteiger partial charge is 0.309 e. The Balaban J connectivity index is 2.78. The first-order valence-corrected chi connectivity index (χ1v) is 6.33. The third-order valence-electron chi connectivity index (χ3n) is 3.00. The van der Waals surface area contributed by atoms with Crippen LogP contribution in [-0.2, 0) is 14.3 Å². The van der Waals surface area contributed by atoms with Crippen molar-refractivity contribution in [3.05, 3.63) is 12.2 Å². The molecule has 0 bridgehead atoms. The monoisotopic (exact) mass is 258 g/mol. The van der Waals surface area contributed by atoms with Gasteiger partial charge in [0.25, 0.3) is 0 Å². The summed E-state index contributed by atoms with van der Waals surface area (Å²) in [7, 11) is 1.49. The van der Waals surface area contributed by atoms with Gasteiger partial charge in [-0.2, -0.15) is 0 Å². The van der Waals surface area contributed by atoms with E-state index < -0.39 is 18.3 Å². The second kappa shape index (κ2) is 7.51. The van der Waals surface area contributed by atoms with Gasteiger partial charge >= 0.3 is 5.97 Å². The Morgan fingerprint density at radius 1 is 1.44 bits per heavy atom. The lowest BCUT2D eigenvalue weighted by Gasteiger charge is -2.24. The third-order valence-corrected chi connectivity index (χ3v) is 3.00. The van der Waals surface area contributed by atoms with Crippen LogP contribution in [0.2, 0.25) is 0 Å². The molecule has 0 saturated carbocycles. The van der Waals surface area contributed by atoms with Crippen molar-refractivity contribution in [3.63, 3.8) is 0 Å². The van der Waals surface area contributed by atoms with Gasteiger partial charge in [-0.3, -0.25) is 4.79 Å². The molecule has 0 aromatic rings. The van der Waals surface area contributed by atoms with Gasteiger partial charge < -0.3 is 19.7 Å². The van der Waals surface area contributed by atoms with E-state index in [0.717, 1.165) is 6.42 Å². The van der Waals surface area contributed by atoms with Gasteiger partial charge in [-0.15, -0.1) is 0 Å². The maximum atomic E-state index is 11.7. The van der Waals surface area contributed by atoms with Crippen LogP contribution in [0.3, 0.4) is 0 Å². The van der Waals surface area contributed by atoms with E-state index in [1.807, 2.05) is 6.92 Å². The van der Waals surface area contributed by atoms with Gasteiger partial charge in [0.2, 0.25) is 0 Å². The number of methoxy groups -OCH3 is 1. The standard InChI is InChI=1S/C13H22O5/c1-3-4-10-7-12(15)11(14)6-5-9(17-2)8-13(16)18-10/h5-6,9-12,14-15H,3-4,7-8H2,1-2H3/b6-5-/t9-,10-,11+,12+/m1/s1. The van der Waals surface area contributed by atoms with Crippen LogP contribution in [0.1, 0.15) is 32.6 Å². The number of hydrogen-bond donors (Lipinski definition) is 2. The topological polar surface area (TPSA) is 76.0 Å². The number of cyclic esters (lactones) is 1. The Kier molecular flexibility index (Phi) is 6.32. The molecule has 18 heavy (non-hydrogen) atoms. The van der Waals surface area contributed by atoms with E-state index in [4.69, 9.17) is 9.47 Å². The zero-order chi connectivity index (χ0) is 13.5. The average molecular weight is 258 g/mol. The molecule has 1 heterocycles. The van der Waals surface area contributed by atoms with Crippen molar-refractivity contribution in [1.82, 2.24) is 0 Å². The summed E-state index contributed by atoms with van der Waals surface area (Å²) in [5.74, 6) is -0.339. The largest absolute Gasteiger partial charge is 0.462 e. The lowest BCUT2D eigenvalue weighted by atomic mass is 10.0. The Labute approximate surface area is 107 Å². The van der Waals surface area contributed by atoms with Crippen LogP contribution in [0.15, 0.2) is 12.2 Å². The van der Waals surface area contributed by atoms with E-state index in [0.29, 0.717) is 6.42 Å². The van der Waals surface area contributed by atoms with E-state index in [1.165, 1.54) is 13.2 Å². The number of rotatable bonds is 3. The molecule has 0 saturated heterocycles. The second-order valence-corrected chi connectivity index (χ2v) is 4.56. The van der Waals surface area contributed by atoms with E-state index in [-0.39, 0.29) is 24.9 Å². The molecule has 5 heteroatoms. The predicted molar refractivity (Wildman–Crippen MR) is 66.0 cm³/mol. The van der Waals surface area contributed by atoms with Crippen molar-refractivity contribution in [1.29, 1.82) is 0 Å². The average Bonchev–Trinajstić information content (AvgIpc) is 2.33. The highest BCUT2D eigenvalue weighted by Gasteiger charge is 2.25. The van der Waals surface area contributed by atoms with Crippen LogP contribution >= 0.6 is 0 Å². The van der Waals surface area contributed by atoms with E-state index in [9.17, 15) is 15.0 Å². The highest BCUT2D eigenvalue weighted by molar-refractivity contribution is 5.70. The van der Waals surface area contributed by atoms with Crippen molar-refractivity contribution in [2.24, 2.45) is 0 Å². The van der Waals surface area contributed by atoms with Crippen molar-refractivity contribution in [3.8, 4) is 0 Å². The first-order chi connectivity index (χ1) is 8.56. The maximum absolute atomic E-state index is 11.7. The van der Waals surface area contributed by atoms with Crippen molar-refractivity contribution >= 4 is 5.97 Å². The normalized spacial score (nSPS) is 35.9. The highest BCUT2D eigenvalue weighted by Crippen LogP contribution is 2.16. The lowest BCUT2D eigenvalue weighted by molar-refractivity contribution is -0.153. The summed E-state index contributed by atoms with van der Waals surface area (Å²) >= 11 is 0. The predicted octanol–water partition coefficient (Wildman–Crippen LogP) is 0.785. The van der Waals surface area contributed by atoms with E-state index in [1.54, 1.807) is 6.08 Å². The van der Waals surface area contributed by atoms with Crippen LogP contribution < -0.4 is 0 Å². The summed E-state index contributed by atoms with van der Waals surface area (Å²) in [5.41, 5.74) is 0. The summed E-state index contributed by atoms with van der Waals surface area (Å²) in [6.07, 6.45) is 2.28. The summed E-state index contributed by atoms with van der Waals surface area (Å²) < 4.78 is 10.4. The molecule has 104 valence electrons. The zero-order valence-electron chi connectivity index (χ0n) is 10.9. The summed E-state index contributed by atoms with van der Waals surface area (Å²) in [4.78, 5) is 11.7. The fourth-order valence-corrected chi connectivity index (χ4v) is 1.95. The molecule has 1 rings (SSSR count). The van der Waals surface area contributed by atoms with Crippen LogP contribution in [0, 0.1) is 0 Å². The molecule has 0 radical (unpaired) electrons. The van der Waals surface area contributed by atoms with Gasteiger partial charge in [0.15, 0.2) is 0 Å². The number of carbonyl (C=O) groups excluding carboxylic acids is 1. The molecule has 0 unspecified atom stereocenters. The molecule has 2 N–H and O–H groups in total. The third kappa shape index (κ3) is 4.76. The van der Waals surface area contributed by atoms with Gasteiger partial charge in [0.05, 0.1) is 24.7 Å². The molecule has 1 aliphatic rings. The Hall–Kier alpha value is -0.910. The molecule has 0 aliphatic carbocycles. The fourth-order valence-electron chi connectivity index (χ4n) is 1.95. The van der Waals surface area contributed by atoms with E-state index in [2.05, 4.69) is 0 Å². The number of aliphatic hydroxyl groups excluding tert-OH is 2. The zero-order valence-corrected chi connectivity index (χ0v) is 10.9. The van der Waals surface area contributed by atoms with Gasteiger partial charge in [-0.1, -0.05) is 25.5 Å². The highest BCUT2D eigenvalue weighted by atomic mass is 16.5. The molecule has 4 atom stereocenters. The first-order valence-electron chi connectivity index (χ1n) is 6.33. The van der Waals surface area contributed by atoms with Gasteiger partial charge in [-0.05, 0) is 6.42 Å². The summed E-state index contributed by atoms with van der Waals surface area (Å²) in [5, 5.41) is 19.5.